The zero-order valence-corrected chi connectivity index (χ0v) is 18.9. The molecule has 3 N–H and O–H groups in total. The van der Waals surface area contributed by atoms with Crippen LogP contribution in [0.1, 0.15) is 44.3 Å². The normalized spacial score (nSPS) is 13.0. The van der Waals surface area contributed by atoms with E-state index in [-0.39, 0.29) is 23.9 Å². The zero-order chi connectivity index (χ0) is 23.5. The van der Waals surface area contributed by atoms with Crippen LogP contribution in [0.5, 0.6) is 0 Å². The highest BCUT2D eigenvalue weighted by Crippen LogP contribution is 2.44. The molecule has 33 heavy (non-hydrogen) atoms. The van der Waals surface area contributed by atoms with E-state index in [0.29, 0.717) is 10.7 Å². The summed E-state index contributed by atoms with van der Waals surface area (Å²) in [6.07, 6.45) is -0.683. The number of carboxylic acids is 1. The van der Waals surface area contributed by atoms with E-state index in [1.807, 2.05) is 36.4 Å². The summed E-state index contributed by atoms with van der Waals surface area (Å²) in [7, 11) is 0. The molecule has 1 heterocycles. The van der Waals surface area contributed by atoms with Crippen LogP contribution in [0.4, 0.5) is 4.79 Å². The van der Waals surface area contributed by atoms with Crippen LogP contribution in [0.3, 0.4) is 0 Å². The maximum absolute atomic E-state index is 12.3. The van der Waals surface area contributed by atoms with E-state index in [1.54, 1.807) is 13.8 Å². The fourth-order valence-corrected chi connectivity index (χ4v) is 4.77. The average Bonchev–Trinajstić information content (AvgIpc) is 3.33. The molecule has 0 radical (unpaired) electrons. The Hall–Kier alpha value is -3.72. The van der Waals surface area contributed by atoms with E-state index in [1.165, 1.54) is 0 Å². The Morgan fingerprint density at radius 3 is 2.27 bits per heavy atom. The molecule has 9 heteroatoms. The zero-order valence-electron chi connectivity index (χ0n) is 18.1. The van der Waals surface area contributed by atoms with Gasteiger partial charge < -0.3 is 20.5 Å². The number of hydrogen-bond donors (Lipinski definition) is 3. The number of carbonyl (C=O) groups is 3. The largest absolute Gasteiger partial charge is 0.477 e. The lowest BCUT2D eigenvalue weighted by molar-refractivity contribution is -0.122. The fraction of sp³-hybridized carbons (Fsp3) is 0.250. The van der Waals surface area contributed by atoms with Gasteiger partial charge in [-0.15, -0.1) is 11.3 Å². The highest BCUT2D eigenvalue weighted by Gasteiger charge is 2.29. The van der Waals surface area contributed by atoms with Crippen LogP contribution in [0.2, 0.25) is 0 Å². The highest BCUT2D eigenvalue weighted by atomic mass is 32.1. The number of aromatic carboxylic acids is 1. The van der Waals surface area contributed by atoms with Crippen LogP contribution in [0.25, 0.3) is 11.1 Å². The van der Waals surface area contributed by atoms with Crippen molar-refractivity contribution in [3.63, 3.8) is 0 Å². The molecular formula is C24H23N3O5S. The number of nitrogens with zero attached hydrogens (tertiary/aromatic N) is 1. The molecule has 170 valence electrons. The van der Waals surface area contributed by atoms with Crippen molar-refractivity contribution in [2.45, 2.75) is 32.4 Å². The van der Waals surface area contributed by atoms with Crippen LogP contribution < -0.4 is 10.6 Å². The number of nitrogens with one attached hydrogen (secondary N) is 2. The van der Waals surface area contributed by atoms with Gasteiger partial charge in [-0.25, -0.2) is 14.6 Å². The van der Waals surface area contributed by atoms with Crippen molar-refractivity contribution in [2.75, 3.05) is 6.61 Å². The van der Waals surface area contributed by atoms with Crippen molar-refractivity contribution in [1.29, 1.82) is 0 Å². The minimum absolute atomic E-state index is 0.0659. The lowest BCUT2D eigenvalue weighted by atomic mass is 9.98. The molecule has 0 bridgehead atoms. The number of aromatic nitrogens is 1. The third kappa shape index (κ3) is 4.73. The Labute approximate surface area is 194 Å². The number of amides is 2. The molecule has 8 nitrogen and oxygen atoms in total. The summed E-state index contributed by atoms with van der Waals surface area (Å²) in [6.45, 7) is 3.39. The molecule has 0 saturated carbocycles. The van der Waals surface area contributed by atoms with Crippen LogP contribution in [-0.2, 0) is 16.1 Å². The van der Waals surface area contributed by atoms with Crippen molar-refractivity contribution in [2.24, 2.45) is 0 Å². The topological polar surface area (TPSA) is 118 Å². The standard InChI is InChI=1S/C24H23N3O5S/c1-13-21(23(29)30)33-20(26-13)11-25-22(28)14(2)27-24(31)32-12-19-17-9-5-3-7-15(17)16-8-4-6-10-18(16)19/h3-10,14,19H,11-12H2,1-2H3,(H,25,28)(H,27,31)(H,29,30)/t14-/m1/s1. The lowest BCUT2D eigenvalue weighted by Gasteiger charge is -2.17. The third-order valence-electron chi connectivity index (χ3n) is 5.52. The minimum Gasteiger partial charge on any atom is -0.477 e. The molecule has 3 aromatic rings. The van der Waals surface area contributed by atoms with Crippen LogP contribution in [-0.4, -0.2) is 40.7 Å². The molecule has 0 aliphatic heterocycles. The second kappa shape index (κ2) is 9.41. The molecule has 2 amide bonds. The second-order valence-electron chi connectivity index (χ2n) is 7.74. The second-order valence-corrected chi connectivity index (χ2v) is 8.82. The van der Waals surface area contributed by atoms with Crippen LogP contribution in [0.15, 0.2) is 48.5 Å². The predicted octanol–water partition coefficient (Wildman–Crippen LogP) is 3.69. The quantitative estimate of drug-likeness (QED) is 0.490. The van der Waals surface area contributed by atoms with Crippen molar-refractivity contribution >= 4 is 29.3 Å². The van der Waals surface area contributed by atoms with Gasteiger partial charge in [-0.05, 0) is 36.1 Å². The maximum atomic E-state index is 12.3. The van der Waals surface area contributed by atoms with Crippen LogP contribution >= 0.6 is 11.3 Å². The van der Waals surface area contributed by atoms with Gasteiger partial charge in [-0.3, -0.25) is 4.79 Å². The van der Waals surface area contributed by atoms with Crippen molar-refractivity contribution in [3.05, 3.63) is 75.2 Å². The van der Waals surface area contributed by atoms with E-state index in [0.717, 1.165) is 33.6 Å². The molecule has 1 aliphatic carbocycles. The summed E-state index contributed by atoms with van der Waals surface area (Å²) in [4.78, 5) is 40.1. The Morgan fingerprint density at radius 2 is 1.70 bits per heavy atom. The van der Waals surface area contributed by atoms with Crippen LogP contribution in [0, 0.1) is 6.92 Å². The number of thiazole rings is 1. The SMILES string of the molecule is Cc1nc(CNC(=O)[C@@H](C)NC(=O)OCC2c3ccccc3-c3ccccc32)sc1C(=O)O. The number of ether oxygens (including phenoxy) is 1. The summed E-state index contributed by atoms with van der Waals surface area (Å²) in [6, 6.07) is 15.3. The molecule has 0 saturated heterocycles. The number of hydrogen-bond acceptors (Lipinski definition) is 6. The number of carboxylic acid groups (broad SMARTS) is 1. The average molecular weight is 466 g/mol. The lowest BCUT2D eigenvalue weighted by Crippen LogP contribution is -2.45. The summed E-state index contributed by atoms with van der Waals surface area (Å²) < 4.78 is 5.46. The number of aryl methyl sites for hydroxylation is 1. The van der Waals surface area contributed by atoms with E-state index in [9.17, 15) is 14.4 Å². The first-order chi connectivity index (χ1) is 15.8. The van der Waals surface area contributed by atoms with E-state index in [4.69, 9.17) is 9.84 Å². The Balaban J connectivity index is 1.30. The summed E-state index contributed by atoms with van der Waals surface area (Å²) >= 11 is 1.01. The Kier molecular flexibility index (Phi) is 6.41. The van der Waals surface area contributed by atoms with E-state index in [2.05, 4.69) is 27.8 Å². The predicted molar refractivity (Wildman–Crippen MR) is 123 cm³/mol. The van der Waals surface area contributed by atoms with Crippen molar-refractivity contribution in [3.8, 4) is 11.1 Å². The van der Waals surface area contributed by atoms with Gasteiger partial charge >= 0.3 is 12.1 Å². The molecular weight excluding hydrogens is 442 g/mol. The van der Waals surface area contributed by atoms with Gasteiger partial charge in [0.25, 0.3) is 0 Å². The minimum atomic E-state index is -1.05. The smallest absolute Gasteiger partial charge is 0.407 e. The first-order valence-corrected chi connectivity index (χ1v) is 11.3. The fourth-order valence-electron chi connectivity index (χ4n) is 3.92. The number of fused-ring (bicyclic) bond motifs is 3. The first kappa shape index (κ1) is 22.5. The molecule has 0 fully saturated rings. The molecule has 0 unspecified atom stereocenters. The number of rotatable bonds is 7. The summed E-state index contributed by atoms with van der Waals surface area (Å²) in [5.41, 5.74) is 4.90. The highest BCUT2D eigenvalue weighted by molar-refractivity contribution is 7.13. The Bertz CT molecular complexity index is 1180. The summed E-state index contributed by atoms with van der Waals surface area (Å²) in [5, 5.41) is 14.8. The first-order valence-electron chi connectivity index (χ1n) is 10.4. The van der Waals surface area contributed by atoms with Gasteiger partial charge in [0.05, 0.1) is 12.2 Å². The number of benzene rings is 2. The third-order valence-corrected chi connectivity index (χ3v) is 6.67. The van der Waals surface area contributed by atoms with Gasteiger partial charge in [-0.1, -0.05) is 48.5 Å². The molecule has 1 aliphatic rings. The van der Waals surface area contributed by atoms with E-state index < -0.39 is 24.0 Å². The van der Waals surface area contributed by atoms with Crippen molar-refractivity contribution in [1.82, 2.24) is 15.6 Å². The maximum Gasteiger partial charge on any atom is 0.407 e. The Morgan fingerprint density at radius 1 is 1.09 bits per heavy atom. The van der Waals surface area contributed by atoms with Gasteiger partial charge in [-0.2, -0.15) is 0 Å². The van der Waals surface area contributed by atoms with Gasteiger partial charge in [0.2, 0.25) is 5.91 Å². The summed E-state index contributed by atoms with van der Waals surface area (Å²) in [5.74, 6) is -1.54. The molecule has 1 aromatic heterocycles. The van der Waals surface area contributed by atoms with E-state index >= 15 is 0 Å². The number of alkyl carbamates (subject to hydrolysis) is 1. The molecule has 2 aromatic carbocycles. The monoisotopic (exact) mass is 465 g/mol. The molecule has 0 spiro atoms. The van der Waals surface area contributed by atoms with Gasteiger partial charge in [0.1, 0.15) is 22.5 Å². The van der Waals surface area contributed by atoms with Gasteiger partial charge in [0, 0.05) is 5.92 Å². The van der Waals surface area contributed by atoms with Crippen molar-refractivity contribution < 1.29 is 24.2 Å². The number of carbonyl (C=O) groups excluding carboxylic acids is 2. The van der Waals surface area contributed by atoms with Gasteiger partial charge in [0.15, 0.2) is 0 Å². The molecule has 1 atom stereocenters. The molecule has 4 rings (SSSR count).